The molecule has 1 unspecified atom stereocenters. The number of amides is 1. The Morgan fingerprint density at radius 2 is 2.00 bits per heavy atom. The molecule has 1 atom stereocenters. The Morgan fingerprint density at radius 3 is 2.81 bits per heavy atom. The second-order valence-electron chi connectivity index (χ2n) is 7.01. The lowest BCUT2D eigenvalue weighted by molar-refractivity contribution is 0.0778. The van der Waals surface area contributed by atoms with Gasteiger partial charge in [0.05, 0.1) is 5.56 Å². The molecule has 2 aromatic heterocycles. The van der Waals surface area contributed by atoms with Crippen molar-refractivity contribution in [1.82, 2.24) is 25.0 Å². The fourth-order valence-electron chi connectivity index (χ4n) is 3.66. The minimum Gasteiger partial charge on any atom is -0.381 e. The molecule has 0 saturated carbocycles. The standard InChI is InChI=1S/C18H23N5O3/c24-18(15-9-19-12-20-10-15)23-6-3-13(11-23)1-2-16-21-17(26-22-16)14-4-7-25-8-5-14/h9-10,12-14H,1-8,11H2. The lowest BCUT2D eigenvalue weighted by Crippen LogP contribution is -2.28. The van der Waals surface area contributed by atoms with Crippen LogP contribution in [-0.2, 0) is 11.2 Å². The van der Waals surface area contributed by atoms with Crippen molar-refractivity contribution >= 4 is 5.91 Å². The first kappa shape index (κ1) is 17.1. The molecule has 0 radical (unpaired) electrons. The van der Waals surface area contributed by atoms with E-state index < -0.39 is 0 Å². The number of aromatic nitrogens is 4. The third-order valence-electron chi connectivity index (χ3n) is 5.21. The fraction of sp³-hybridized carbons (Fsp3) is 0.611. The molecule has 4 heterocycles. The van der Waals surface area contributed by atoms with Gasteiger partial charge in [-0.15, -0.1) is 0 Å². The molecule has 26 heavy (non-hydrogen) atoms. The number of hydrogen-bond donors (Lipinski definition) is 0. The number of carbonyl (C=O) groups is 1. The first-order valence-electron chi connectivity index (χ1n) is 9.24. The van der Waals surface area contributed by atoms with Gasteiger partial charge in [-0.05, 0) is 31.6 Å². The van der Waals surface area contributed by atoms with E-state index in [1.807, 2.05) is 4.90 Å². The minimum atomic E-state index is 0.00876. The molecule has 0 aliphatic carbocycles. The van der Waals surface area contributed by atoms with E-state index in [0.29, 0.717) is 17.4 Å². The molecule has 1 amide bonds. The van der Waals surface area contributed by atoms with Crippen molar-refractivity contribution in [3.05, 3.63) is 36.0 Å². The molecule has 0 N–H and O–H groups in total. The predicted molar refractivity (Wildman–Crippen MR) is 91.5 cm³/mol. The molecule has 0 aromatic carbocycles. The smallest absolute Gasteiger partial charge is 0.256 e. The number of carbonyl (C=O) groups excluding carboxylic acids is 1. The second kappa shape index (κ2) is 7.90. The number of likely N-dealkylation sites (tertiary alicyclic amines) is 1. The number of ether oxygens (including phenoxy) is 1. The summed E-state index contributed by atoms with van der Waals surface area (Å²) >= 11 is 0. The summed E-state index contributed by atoms with van der Waals surface area (Å²) in [4.78, 5) is 26.7. The molecule has 2 fully saturated rings. The summed E-state index contributed by atoms with van der Waals surface area (Å²) in [5.41, 5.74) is 0.549. The fourth-order valence-corrected chi connectivity index (χ4v) is 3.66. The van der Waals surface area contributed by atoms with Crippen LogP contribution in [0.25, 0.3) is 0 Å². The Balaban J connectivity index is 1.27. The number of nitrogens with zero attached hydrogens (tertiary/aromatic N) is 5. The average molecular weight is 357 g/mol. The van der Waals surface area contributed by atoms with E-state index in [1.54, 1.807) is 12.4 Å². The van der Waals surface area contributed by atoms with Crippen molar-refractivity contribution in [3.63, 3.8) is 0 Å². The molecule has 2 aliphatic rings. The van der Waals surface area contributed by atoms with Gasteiger partial charge in [0, 0.05) is 51.0 Å². The van der Waals surface area contributed by atoms with Crippen molar-refractivity contribution in [2.75, 3.05) is 26.3 Å². The van der Waals surface area contributed by atoms with Crippen molar-refractivity contribution in [2.45, 2.75) is 38.0 Å². The number of rotatable bonds is 5. The monoisotopic (exact) mass is 357 g/mol. The van der Waals surface area contributed by atoms with Crippen molar-refractivity contribution in [3.8, 4) is 0 Å². The van der Waals surface area contributed by atoms with Gasteiger partial charge in [-0.3, -0.25) is 4.79 Å². The predicted octanol–water partition coefficient (Wildman–Crippen LogP) is 1.85. The van der Waals surface area contributed by atoms with E-state index in [9.17, 15) is 4.79 Å². The van der Waals surface area contributed by atoms with Crippen LogP contribution in [-0.4, -0.2) is 57.2 Å². The van der Waals surface area contributed by atoms with Crippen molar-refractivity contribution in [2.24, 2.45) is 5.92 Å². The summed E-state index contributed by atoms with van der Waals surface area (Å²) in [7, 11) is 0. The van der Waals surface area contributed by atoms with Gasteiger partial charge in [0.2, 0.25) is 5.89 Å². The molecule has 2 aromatic rings. The Morgan fingerprint density at radius 1 is 1.19 bits per heavy atom. The zero-order valence-corrected chi connectivity index (χ0v) is 14.7. The summed E-state index contributed by atoms with van der Waals surface area (Å²) in [6.45, 7) is 3.07. The Hall–Kier alpha value is -2.35. The van der Waals surface area contributed by atoms with Crippen LogP contribution in [0.5, 0.6) is 0 Å². The third kappa shape index (κ3) is 3.90. The Bertz CT molecular complexity index is 729. The second-order valence-corrected chi connectivity index (χ2v) is 7.01. The average Bonchev–Trinajstić information content (AvgIpc) is 3.37. The van der Waals surface area contributed by atoms with Crippen LogP contribution < -0.4 is 0 Å². The van der Waals surface area contributed by atoms with Crippen LogP contribution in [0.15, 0.2) is 23.2 Å². The van der Waals surface area contributed by atoms with Gasteiger partial charge in [0.25, 0.3) is 5.91 Å². The molecule has 2 aliphatic heterocycles. The lowest BCUT2D eigenvalue weighted by atomic mass is 10.0. The molecular formula is C18H23N5O3. The molecular weight excluding hydrogens is 334 g/mol. The number of hydrogen-bond acceptors (Lipinski definition) is 7. The molecule has 2 saturated heterocycles. The zero-order valence-electron chi connectivity index (χ0n) is 14.7. The van der Waals surface area contributed by atoms with E-state index in [1.165, 1.54) is 6.33 Å². The van der Waals surface area contributed by atoms with Crippen LogP contribution in [0.2, 0.25) is 0 Å². The van der Waals surface area contributed by atoms with E-state index in [4.69, 9.17) is 9.26 Å². The van der Waals surface area contributed by atoms with Crippen molar-refractivity contribution < 1.29 is 14.1 Å². The first-order valence-corrected chi connectivity index (χ1v) is 9.24. The lowest BCUT2D eigenvalue weighted by Gasteiger charge is -2.17. The highest BCUT2D eigenvalue weighted by molar-refractivity contribution is 5.93. The molecule has 0 bridgehead atoms. The maximum Gasteiger partial charge on any atom is 0.256 e. The minimum absolute atomic E-state index is 0.00876. The van der Waals surface area contributed by atoms with E-state index >= 15 is 0 Å². The topological polar surface area (TPSA) is 94.2 Å². The first-order chi connectivity index (χ1) is 12.8. The molecule has 8 heteroatoms. The maximum absolute atomic E-state index is 12.4. The van der Waals surface area contributed by atoms with Gasteiger partial charge < -0.3 is 14.2 Å². The summed E-state index contributed by atoms with van der Waals surface area (Å²) in [5, 5.41) is 4.13. The normalized spacial score (nSPS) is 21.2. The van der Waals surface area contributed by atoms with Crippen LogP contribution in [0, 0.1) is 5.92 Å². The molecule has 8 nitrogen and oxygen atoms in total. The van der Waals surface area contributed by atoms with E-state index in [-0.39, 0.29) is 5.91 Å². The van der Waals surface area contributed by atoms with Crippen LogP contribution in [0.3, 0.4) is 0 Å². The number of aryl methyl sites for hydroxylation is 1. The maximum atomic E-state index is 12.4. The van der Waals surface area contributed by atoms with Gasteiger partial charge >= 0.3 is 0 Å². The Labute approximate surface area is 152 Å². The van der Waals surface area contributed by atoms with Gasteiger partial charge in [0.1, 0.15) is 6.33 Å². The quantitative estimate of drug-likeness (QED) is 0.806. The zero-order chi connectivity index (χ0) is 17.8. The highest BCUT2D eigenvalue weighted by Crippen LogP contribution is 2.26. The van der Waals surface area contributed by atoms with Gasteiger partial charge in [-0.2, -0.15) is 4.98 Å². The summed E-state index contributed by atoms with van der Waals surface area (Å²) in [6.07, 6.45) is 9.22. The van der Waals surface area contributed by atoms with Crippen molar-refractivity contribution in [1.29, 1.82) is 0 Å². The summed E-state index contributed by atoms with van der Waals surface area (Å²) < 4.78 is 10.8. The largest absolute Gasteiger partial charge is 0.381 e. The molecule has 4 rings (SSSR count). The highest BCUT2D eigenvalue weighted by atomic mass is 16.5. The van der Waals surface area contributed by atoms with Crippen LogP contribution >= 0.6 is 0 Å². The van der Waals surface area contributed by atoms with Gasteiger partial charge in [-0.25, -0.2) is 9.97 Å². The summed E-state index contributed by atoms with van der Waals surface area (Å²) in [5.74, 6) is 2.32. The Kier molecular flexibility index (Phi) is 5.19. The van der Waals surface area contributed by atoms with E-state index in [2.05, 4.69) is 20.1 Å². The molecule has 0 spiro atoms. The SMILES string of the molecule is O=C(c1cncnc1)N1CCC(CCc2noc(C3CCOCC3)n2)C1. The summed E-state index contributed by atoms with van der Waals surface area (Å²) in [6, 6.07) is 0. The third-order valence-corrected chi connectivity index (χ3v) is 5.21. The van der Waals surface area contributed by atoms with Gasteiger partial charge in [0.15, 0.2) is 5.82 Å². The van der Waals surface area contributed by atoms with Gasteiger partial charge in [-0.1, -0.05) is 5.16 Å². The van der Waals surface area contributed by atoms with Crippen LogP contribution in [0.1, 0.15) is 53.7 Å². The van der Waals surface area contributed by atoms with E-state index in [0.717, 1.165) is 70.1 Å². The van der Waals surface area contributed by atoms with Crippen LogP contribution in [0.4, 0.5) is 0 Å². The molecule has 138 valence electrons. The highest BCUT2D eigenvalue weighted by Gasteiger charge is 2.28.